The number of ether oxygens (including phenoxy) is 1. The lowest BCUT2D eigenvalue weighted by Crippen LogP contribution is -2.55. The number of likely N-dealkylation sites (tertiary alicyclic amines) is 1. The first-order valence-electron chi connectivity index (χ1n) is 17.5. The van der Waals surface area contributed by atoms with E-state index in [1.54, 1.807) is 4.90 Å². The van der Waals surface area contributed by atoms with E-state index in [1.807, 2.05) is 45.3 Å². The Bertz CT molecular complexity index is 1530. The van der Waals surface area contributed by atoms with Crippen molar-refractivity contribution >= 4 is 11.9 Å². The normalized spacial score (nSPS) is 17.6. The van der Waals surface area contributed by atoms with Crippen LogP contribution in [-0.2, 0) is 26.3 Å². The highest BCUT2D eigenvalue weighted by Gasteiger charge is 2.40. The van der Waals surface area contributed by atoms with E-state index < -0.39 is 17.6 Å². The fraction of sp³-hybridized carbons (Fsp3) is 0.439. The molecule has 7 heteroatoms. The lowest BCUT2D eigenvalue weighted by Gasteiger charge is -2.39. The molecule has 5 rings (SSSR count). The van der Waals surface area contributed by atoms with Gasteiger partial charge in [0.15, 0.2) is 0 Å². The van der Waals surface area contributed by atoms with Crippen LogP contribution in [-0.4, -0.2) is 51.6 Å². The number of aromatic nitrogens is 2. The fourth-order valence-corrected chi connectivity index (χ4v) is 7.09. The highest BCUT2D eigenvalue weighted by Crippen LogP contribution is 2.42. The van der Waals surface area contributed by atoms with Crippen LogP contribution in [0.5, 0.6) is 0 Å². The minimum atomic E-state index is -0.694. The Hall–Kier alpha value is -4.23. The van der Waals surface area contributed by atoms with E-state index >= 15 is 0 Å². The van der Waals surface area contributed by atoms with E-state index in [9.17, 15) is 9.59 Å². The maximum absolute atomic E-state index is 13.7. The number of hydrogen-bond donors (Lipinski definition) is 1. The molecule has 2 N–H and O–H groups in total. The highest BCUT2D eigenvalue weighted by atomic mass is 16.5. The largest absolute Gasteiger partial charge is 0.464 e. The predicted molar refractivity (Wildman–Crippen MR) is 191 cm³/mol. The molecule has 7 nitrogen and oxygen atoms in total. The summed E-state index contributed by atoms with van der Waals surface area (Å²) >= 11 is 0. The summed E-state index contributed by atoms with van der Waals surface area (Å²) in [6.07, 6.45) is 6.32. The molecule has 0 radical (unpaired) electrons. The summed E-state index contributed by atoms with van der Waals surface area (Å²) in [6.45, 7) is 11.2. The average Bonchev–Trinajstić information content (AvgIpc) is 3.47. The number of nitrogens with zero attached hydrogens (tertiary/aromatic N) is 3. The maximum atomic E-state index is 13.7. The van der Waals surface area contributed by atoms with Crippen molar-refractivity contribution in [3.8, 4) is 0 Å². The number of aryl methyl sites for hydroxylation is 1. The Kier molecular flexibility index (Phi) is 11.2. The molecule has 1 saturated heterocycles. The summed E-state index contributed by atoms with van der Waals surface area (Å²) in [7, 11) is 0. The van der Waals surface area contributed by atoms with Crippen LogP contribution in [0.2, 0.25) is 0 Å². The smallest absolute Gasteiger partial charge is 0.328 e. The minimum absolute atomic E-state index is 0.145. The van der Waals surface area contributed by atoms with Gasteiger partial charge >= 0.3 is 5.97 Å². The molecule has 0 unspecified atom stereocenters. The summed E-state index contributed by atoms with van der Waals surface area (Å²) in [5.41, 5.74) is 11.3. The van der Waals surface area contributed by atoms with Gasteiger partial charge in [-0.15, -0.1) is 0 Å². The number of amides is 1. The molecule has 1 aliphatic heterocycles. The van der Waals surface area contributed by atoms with Crippen molar-refractivity contribution < 1.29 is 14.3 Å². The Morgan fingerprint density at radius 2 is 1.46 bits per heavy atom. The third kappa shape index (κ3) is 7.57. The van der Waals surface area contributed by atoms with Crippen LogP contribution in [0.1, 0.15) is 87.9 Å². The molecular weight excluding hydrogens is 596 g/mol. The quantitative estimate of drug-likeness (QED) is 0.129. The molecule has 0 bridgehead atoms. The summed E-state index contributed by atoms with van der Waals surface area (Å²) in [6, 6.07) is 30.4. The molecule has 0 aliphatic carbocycles. The van der Waals surface area contributed by atoms with Crippen molar-refractivity contribution in [3.63, 3.8) is 0 Å². The summed E-state index contributed by atoms with van der Waals surface area (Å²) in [5, 5.41) is 0. The number of piperidine rings is 1. The summed E-state index contributed by atoms with van der Waals surface area (Å²) < 4.78 is 7.98. The van der Waals surface area contributed by atoms with E-state index in [0.717, 1.165) is 40.9 Å². The van der Waals surface area contributed by atoms with Crippen LogP contribution in [0.4, 0.5) is 0 Å². The van der Waals surface area contributed by atoms with Gasteiger partial charge in [0.05, 0.1) is 24.7 Å². The molecule has 1 amide bonds. The molecule has 48 heavy (non-hydrogen) atoms. The molecule has 1 aliphatic rings. The topological polar surface area (TPSA) is 90.5 Å². The van der Waals surface area contributed by atoms with Gasteiger partial charge in [0.1, 0.15) is 11.6 Å². The van der Waals surface area contributed by atoms with E-state index in [0.29, 0.717) is 44.8 Å². The first-order chi connectivity index (χ1) is 23.1. The predicted octanol–water partition coefficient (Wildman–Crippen LogP) is 7.29. The van der Waals surface area contributed by atoms with E-state index in [2.05, 4.69) is 91.2 Å². The Morgan fingerprint density at radius 3 is 1.96 bits per heavy atom. The van der Waals surface area contributed by atoms with Gasteiger partial charge in [-0.1, -0.05) is 125 Å². The monoisotopic (exact) mass is 648 g/mol. The van der Waals surface area contributed by atoms with Gasteiger partial charge in [0.2, 0.25) is 5.91 Å². The fourth-order valence-electron chi connectivity index (χ4n) is 7.09. The van der Waals surface area contributed by atoms with Gasteiger partial charge in [0.25, 0.3) is 0 Å². The van der Waals surface area contributed by atoms with E-state index in [4.69, 9.17) is 15.5 Å². The summed E-state index contributed by atoms with van der Waals surface area (Å²) in [5.74, 6) is -0.0883. The zero-order valence-electron chi connectivity index (χ0n) is 29.3. The first-order valence-corrected chi connectivity index (χ1v) is 17.5. The van der Waals surface area contributed by atoms with Crippen LogP contribution >= 0.6 is 0 Å². The molecule has 3 aromatic carbocycles. The SMILES string of the molecule is CC[C@H]1CCN(C(=O)[C@H](N)CCCc2ncn(C(c3ccccc3)(c3ccccc3)c3ccccc3)c2C)[C@H](C(=O)OCC(C)(C)C)C1. The van der Waals surface area contributed by atoms with Crippen LogP contribution in [0.15, 0.2) is 97.3 Å². The van der Waals surface area contributed by atoms with Gasteiger partial charge in [0, 0.05) is 12.2 Å². The lowest BCUT2D eigenvalue weighted by molar-refractivity contribution is -0.160. The highest BCUT2D eigenvalue weighted by molar-refractivity contribution is 5.87. The molecule has 2 heterocycles. The second kappa shape index (κ2) is 15.3. The molecular formula is C41H52N4O3. The molecule has 3 atom stereocenters. The first kappa shape index (κ1) is 35.1. The van der Waals surface area contributed by atoms with Crippen LogP contribution < -0.4 is 5.73 Å². The molecule has 1 fully saturated rings. The van der Waals surface area contributed by atoms with Gasteiger partial charge in [-0.2, -0.15) is 0 Å². The maximum Gasteiger partial charge on any atom is 0.328 e. The number of nitrogens with two attached hydrogens (primary N) is 1. The van der Waals surface area contributed by atoms with Crippen molar-refractivity contribution in [3.05, 3.63) is 125 Å². The molecule has 1 aromatic heterocycles. The van der Waals surface area contributed by atoms with Crippen molar-refractivity contribution in [2.24, 2.45) is 17.1 Å². The van der Waals surface area contributed by atoms with Crippen molar-refractivity contribution in [1.29, 1.82) is 0 Å². The van der Waals surface area contributed by atoms with Crippen LogP contribution in [0.3, 0.4) is 0 Å². The number of imidazole rings is 1. The van der Waals surface area contributed by atoms with E-state index in [1.165, 1.54) is 0 Å². The van der Waals surface area contributed by atoms with Crippen molar-refractivity contribution in [1.82, 2.24) is 14.5 Å². The number of rotatable bonds is 12. The van der Waals surface area contributed by atoms with Gasteiger partial charge in [-0.05, 0) is 67.1 Å². The second-order valence-corrected chi connectivity index (χ2v) is 14.5. The third-order valence-electron chi connectivity index (χ3n) is 9.78. The van der Waals surface area contributed by atoms with Crippen molar-refractivity contribution in [2.45, 2.75) is 90.8 Å². The standard InChI is InChI=1S/C41H52N4O3/c1-6-31-25-26-44(37(27-31)39(47)48-28-40(3,4)5)38(46)35(42)23-16-24-36-30(2)45(29-43-36)41(32-17-10-7-11-18-32,33-19-12-8-13-20-33)34-21-14-9-15-22-34/h7-15,17-22,29,31,35,37H,6,16,23-28,42H2,1-5H3/t31-,35+,37-/m0/s1. The minimum Gasteiger partial charge on any atom is -0.464 e. The second-order valence-electron chi connectivity index (χ2n) is 14.5. The molecule has 254 valence electrons. The third-order valence-corrected chi connectivity index (χ3v) is 9.78. The van der Waals surface area contributed by atoms with Gasteiger partial charge < -0.3 is 19.9 Å². The lowest BCUT2D eigenvalue weighted by atomic mass is 9.76. The average molecular weight is 649 g/mol. The van der Waals surface area contributed by atoms with Gasteiger partial charge in [-0.25, -0.2) is 9.78 Å². The van der Waals surface area contributed by atoms with Crippen LogP contribution in [0, 0.1) is 18.3 Å². The molecule has 4 aromatic rings. The Morgan fingerprint density at radius 1 is 0.917 bits per heavy atom. The van der Waals surface area contributed by atoms with Crippen molar-refractivity contribution in [2.75, 3.05) is 13.2 Å². The van der Waals surface area contributed by atoms with E-state index in [-0.39, 0.29) is 17.3 Å². The number of carbonyl (C=O) groups is 2. The Labute approximate surface area is 286 Å². The zero-order chi connectivity index (χ0) is 34.3. The summed E-state index contributed by atoms with van der Waals surface area (Å²) in [4.78, 5) is 33.5. The van der Waals surface area contributed by atoms with Gasteiger partial charge in [-0.3, -0.25) is 4.79 Å². The number of benzene rings is 3. The number of carbonyl (C=O) groups excluding carboxylic acids is 2. The number of hydrogen-bond acceptors (Lipinski definition) is 5. The number of esters is 1. The molecule has 0 spiro atoms. The zero-order valence-corrected chi connectivity index (χ0v) is 29.3. The molecule has 0 saturated carbocycles. The Balaban J connectivity index is 1.35. The van der Waals surface area contributed by atoms with Crippen LogP contribution in [0.25, 0.3) is 0 Å².